The molecule has 0 saturated carbocycles. The maximum absolute atomic E-state index is 11.9. The van der Waals surface area contributed by atoms with E-state index in [1.165, 1.54) is 11.2 Å². The number of urea groups is 1. The lowest BCUT2D eigenvalue weighted by molar-refractivity contribution is -0.143. The monoisotopic (exact) mass is 268 g/mol. The van der Waals surface area contributed by atoms with Crippen molar-refractivity contribution in [2.75, 3.05) is 13.1 Å². The van der Waals surface area contributed by atoms with Gasteiger partial charge in [-0.2, -0.15) is 4.98 Å². The smallest absolute Gasteiger partial charge is 0.326 e. The summed E-state index contributed by atoms with van der Waals surface area (Å²) in [5, 5.41) is 15.2. The van der Waals surface area contributed by atoms with E-state index < -0.39 is 12.0 Å². The van der Waals surface area contributed by atoms with Gasteiger partial charge in [0.05, 0.1) is 0 Å². The summed E-state index contributed by atoms with van der Waals surface area (Å²) in [7, 11) is 0. The van der Waals surface area contributed by atoms with Gasteiger partial charge < -0.3 is 19.8 Å². The molecule has 0 spiro atoms. The minimum Gasteiger partial charge on any atom is -0.480 e. The van der Waals surface area contributed by atoms with Crippen LogP contribution in [0.25, 0.3) is 0 Å². The van der Waals surface area contributed by atoms with Crippen LogP contribution in [0.1, 0.15) is 25.2 Å². The second-order valence-corrected chi connectivity index (χ2v) is 4.36. The van der Waals surface area contributed by atoms with Crippen LogP contribution in [0.3, 0.4) is 0 Å². The van der Waals surface area contributed by atoms with E-state index in [1.807, 2.05) is 0 Å². The topological polar surface area (TPSA) is 109 Å². The summed E-state index contributed by atoms with van der Waals surface area (Å²) >= 11 is 0. The van der Waals surface area contributed by atoms with Crippen LogP contribution in [0, 0.1) is 0 Å². The van der Waals surface area contributed by atoms with E-state index in [0.29, 0.717) is 31.8 Å². The number of amides is 2. The van der Waals surface area contributed by atoms with Gasteiger partial charge in [-0.1, -0.05) is 5.16 Å². The number of nitrogens with zero attached hydrogens (tertiary/aromatic N) is 3. The van der Waals surface area contributed by atoms with Crippen molar-refractivity contribution >= 4 is 12.0 Å². The highest BCUT2D eigenvalue weighted by Crippen LogP contribution is 2.17. The first-order valence-electron chi connectivity index (χ1n) is 6.21. The van der Waals surface area contributed by atoms with Crippen LogP contribution < -0.4 is 5.32 Å². The summed E-state index contributed by atoms with van der Waals surface area (Å²) in [6.07, 6.45) is 3.90. The SMILES string of the molecule is O=C(O)C1CCCCN1C(=O)NCCc1ncno1. The van der Waals surface area contributed by atoms with Gasteiger partial charge in [-0.25, -0.2) is 9.59 Å². The number of carbonyl (C=O) groups is 2. The summed E-state index contributed by atoms with van der Waals surface area (Å²) < 4.78 is 4.80. The molecule has 2 amide bonds. The van der Waals surface area contributed by atoms with Gasteiger partial charge in [0.25, 0.3) is 0 Å². The lowest BCUT2D eigenvalue weighted by Crippen LogP contribution is -2.52. The van der Waals surface area contributed by atoms with E-state index in [-0.39, 0.29) is 6.03 Å². The highest BCUT2D eigenvalue weighted by molar-refractivity contribution is 5.82. The van der Waals surface area contributed by atoms with Crippen LogP contribution in [0.2, 0.25) is 0 Å². The highest BCUT2D eigenvalue weighted by Gasteiger charge is 2.31. The van der Waals surface area contributed by atoms with E-state index in [9.17, 15) is 9.59 Å². The number of carboxylic acid groups (broad SMARTS) is 1. The third-order valence-electron chi connectivity index (χ3n) is 3.07. The molecule has 2 heterocycles. The number of carbonyl (C=O) groups excluding carboxylic acids is 1. The van der Waals surface area contributed by atoms with Gasteiger partial charge in [0, 0.05) is 19.5 Å². The van der Waals surface area contributed by atoms with E-state index in [0.717, 1.165) is 12.8 Å². The Bertz CT molecular complexity index is 434. The molecular weight excluding hydrogens is 252 g/mol. The summed E-state index contributed by atoms with van der Waals surface area (Å²) in [6, 6.07) is -1.08. The molecular formula is C11H16N4O4. The van der Waals surface area contributed by atoms with Gasteiger partial charge in [0.2, 0.25) is 5.89 Å². The zero-order valence-corrected chi connectivity index (χ0v) is 10.4. The largest absolute Gasteiger partial charge is 0.480 e. The van der Waals surface area contributed by atoms with Crippen molar-refractivity contribution < 1.29 is 19.2 Å². The van der Waals surface area contributed by atoms with E-state index in [4.69, 9.17) is 9.63 Å². The van der Waals surface area contributed by atoms with Crippen molar-refractivity contribution in [2.24, 2.45) is 0 Å². The number of rotatable bonds is 4. The number of hydrogen-bond donors (Lipinski definition) is 2. The standard InChI is InChI=1S/C11H16N4O4/c16-10(17)8-3-1-2-6-15(8)11(18)12-5-4-9-13-7-14-19-9/h7-8H,1-6H2,(H,12,18)(H,16,17). The van der Waals surface area contributed by atoms with Crippen molar-refractivity contribution in [2.45, 2.75) is 31.7 Å². The van der Waals surface area contributed by atoms with Crippen LogP contribution in [-0.2, 0) is 11.2 Å². The lowest BCUT2D eigenvalue weighted by atomic mass is 10.0. The van der Waals surface area contributed by atoms with Gasteiger partial charge in [-0.05, 0) is 19.3 Å². The van der Waals surface area contributed by atoms with Crippen molar-refractivity contribution in [1.82, 2.24) is 20.4 Å². The number of hydrogen-bond acceptors (Lipinski definition) is 5. The Morgan fingerprint density at radius 2 is 2.37 bits per heavy atom. The van der Waals surface area contributed by atoms with Gasteiger partial charge in [-0.15, -0.1) is 0 Å². The Kier molecular flexibility index (Phi) is 4.32. The molecule has 0 aliphatic carbocycles. The molecule has 0 radical (unpaired) electrons. The molecule has 1 aromatic rings. The molecule has 0 bridgehead atoms. The van der Waals surface area contributed by atoms with Crippen molar-refractivity contribution in [3.63, 3.8) is 0 Å². The minimum absolute atomic E-state index is 0.337. The lowest BCUT2D eigenvalue weighted by Gasteiger charge is -2.32. The molecule has 0 aromatic carbocycles. The molecule has 2 N–H and O–H groups in total. The average molecular weight is 268 g/mol. The van der Waals surface area contributed by atoms with Gasteiger partial charge in [0.1, 0.15) is 6.04 Å². The van der Waals surface area contributed by atoms with Crippen LogP contribution in [0.15, 0.2) is 10.9 Å². The first-order valence-corrected chi connectivity index (χ1v) is 6.21. The molecule has 8 nitrogen and oxygen atoms in total. The first kappa shape index (κ1) is 13.3. The van der Waals surface area contributed by atoms with Crippen LogP contribution in [-0.4, -0.2) is 51.3 Å². The highest BCUT2D eigenvalue weighted by atomic mass is 16.5. The maximum atomic E-state index is 11.9. The molecule has 104 valence electrons. The zero-order chi connectivity index (χ0) is 13.7. The Balaban J connectivity index is 1.82. The molecule has 19 heavy (non-hydrogen) atoms. The average Bonchev–Trinajstić information content (AvgIpc) is 2.91. The zero-order valence-electron chi connectivity index (χ0n) is 10.4. The number of piperidine rings is 1. The van der Waals surface area contributed by atoms with Crippen molar-refractivity contribution in [1.29, 1.82) is 0 Å². The minimum atomic E-state index is -0.952. The number of aromatic nitrogens is 2. The fraction of sp³-hybridized carbons (Fsp3) is 0.636. The fourth-order valence-electron chi connectivity index (χ4n) is 2.12. The predicted molar refractivity (Wildman–Crippen MR) is 63.4 cm³/mol. The van der Waals surface area contributed by atoms with E-state index in [1.54, 1.807) is 0 Å². The fourth-order valence-corrected chi connectivity index (χ4v) is 2.12. The normalized spacial score (nSPS) is 19.2. The van der Waals surface area contributed by atoms with Gasteiger partial charge in [-0.3, -0.25) is 0 Å². The van der Waals surface area contributed by atoms with E-state index >= 15 is 0 Å². The third kappa shape index (κ3) is 3.43. The molecule has 1 saturated heterocycles. The molecule has 1 aliphatic rings. The van der Waals surface area contributed by atoms with Gasteiger partial charge >= 0.3 is 12.0 Å². The Morgan fingerprint density at radius 1 is 1.53 bits per heavy atom. The summed E-state index contributed by atoms with van der Waals surface area (Å²) in [5.74, 6) is -0.513. The molecule has 1 fully saturated rings. The maximum Gasteiger partial charge on any atom is 0.326 e. The number of carboxylic acids is 1. The van der Waals surface area contributed by atoms with Crippen LogP contribution >= 0.6 is 0 Å². The molecule has 1 atom stereocenters. The predicted octanol–water partition coefficient (Wildman–Crippen LogP) is 0.261. The van der Waals surface area contributed by atoms with Crippen LogP contribution in [0.5, 0.6) is 0 Å². The molecule has 1 unspecified atom stereocenters. The molecule has 8 heteroatoms. The van der Waals surface area contributed by atoms with E-state index in [2.05, 4.69) is 15.5 Å². The van der Waals surface area contributed by atoms with Crippen molar-refractivity contribution in [3.05, 3.63) is 12.2 Å². The Morgan fingerprint density at radius 3 is 3.05 bits per heavy atom. The summed E-state index contributed by atoms with van der Waals surface area (Å²) in [6.45, 7) is 0.813. The number of likely N-dealkylation sites (tertiary alicyclic amines) is 1. The number of aliphatic carboxylic acids is 1. The third-order valence-corrected chi connectivity index (χ3v) is 3.07. The second-order valence-electron chi connectivity index (χ2n) is 4.36. The molecule has 1 aliphatic heterocycles. The Hall–Kier alpha value is -2.12. The van der Waals surface area contributed by atoms with Gasteiger partial charge in [0.15, 0.2) is 6.33 Å². The second kappa shape index (κ2) is 6.17. The molecule has 2 rings (SSSR count). The number of nitrogens with one attached hydrogen (secondary N) is 1. The van der Waals surface area contributed by atoms with Crippen molar-refractivity contribution in [3.8, 4) is 0 Å². The quantitative estimate of drug-likeness (QED) is 0.810. The molecule has 1 aromatic heterocycles. The summed E-state index contributed by atoms with van der Waals surface area (Å²) in [5.41, 5.74) is 0. The Labute approximate surface area is 109 Å². The van der Waals surface area contributed by atoms with Crippen LogP contribution in [0.4, 0.5) is 4.79 Å². The summed E-state index contributed by atoms with van der Waals surface area (Å²) in [4.78, 5) is 28.2. The first-order chi connectivity index (χ1) is 9.18.